The molecular formula is C20H16F2N4O. The standard InChI is InChI=1S/C20H16F2N4O/c21-16-6-1-5-15(10-16)19(27)26-20(24-13-14-4-3-9-23-12-14)25-18-8-2-7-17(22)11-18/h1-12H,13H2,(H2,24,25,26,27). The molecule has 2 aromatic carbocycles. The lowest BCUT2D eigenvalue weighted by atomic mass is 10.2. The van der Waals surface area contributed by atoms with E-state index in [9.17, 15) is 13.6 Å². The first-order valence-corrected chi connectivity index (χ1v) is 8.13. The summed E-state index contributed by atoms with van der Waals surface area (Å²) in [5, 5.41) is 5.46. The number of hydrogen-bond donors (Lipinski definition) is 2. The number of aromatic nitrogens is 1. The second-order valence-electron chi connectivity index (χ2n) is 5.63. The second-order valence-corrected chi connectivity index (χ2v) is 5.63. The Labute approximate surface area is 154 Å². The van der Waals surface area contributed by atoms with Gasteiger partial charge in [-0.25, -0.2) is 13.8 Å². The molecule has 1 aromatic heterocycles. The van der Waals surface area contributed by atoms with E-state index in [1.807, 2.05) is 6.07 Å². The van der Waals surface area contributed by atoms with Gasteiger partial charge >= 0.3 is 0 Å². The molecule has 1 amide bonds. The molecule has 27 heavy (non-hydrogen) atoms. The van der Waals surface area contributed by atoms with Crippen molar-refractivity contribution in [2.75, 3.05) is 5.32 Å². The lowest BCUT2D eigenvalue weighted by Crippen LogP contribution is -2.36. The molecule has 3 rings (SSSR count). The summed E-state index contributed by atoms with van der Waals surface area (Å²) in [6, 6.07) is 14.7. The number of carbonyl (C=O) groups is 1. The lowest BCUT2D eigenvalue weighted by molar-refractivity contribution is 0.0976. The second kappa shape index (κ2) is 8.66. The molecule has 0 saturated heterocycles. The van der Waals surface area contributed by atoms with Crippen molar-refractivity contribution in [3.8, 4) is 0 Å². The number of amides is 1. The van der Waals surface area contributed by atoms with Crippen LogP contribution in [0.1, 0.15) is 15.9 Å². The number of rotatable bonds is 4. The number of benzene rings is 2. The van der Waals surface area contributed by atoms with Crippen LogP contribution in [-0.4, -0.2) is 16.9 Å². The Balaban J connectivity index is 1.81. The fourth-order valence-corrected chi connectivity index (χ4v) is 2.28. The first kappa shape index (κ1) is 18.2. The van der Waals surface area contributed by atoms with Crippen LogP contribution in [0, 0.1) is 11.6 Å². The number of pyridine rings is 1. The van der Waals surface area contributed by atoms with Gasteiger partial charge < -0.3 is 5.32 Å². The molecule has 0 saturated carbocycles. The van der Waals surface area contributed by atoms with Crippen molar-refractivity contribution in [2.24, 2.45) is 4.99 Å². The van der Waals surface area contributed by atoms with E-state index in [0.29, 0.717) is 5.69 Å². The van der Waals surface area contributed by atoms with Crippen LogP contribution >= 0.6 is 0 Å². The predicted octanol–water partition coefficient (Wildman–Crippen LogP) is 3.76. The number of nitrogens with zero attached hydrogens (tertiary/aromatic N) is 2. The van der Waals surface area contributed by atoms with Gasteiger partial charge in [-0.3, -0.25) is 15.1 Å². The van der Waals surface area contributed by atoms with Gasteiger partial charge in [0.15, 0.2) is 0 Å². The molecule has 0 radical (unpaired) electrons. The Morgan fingerprint density at radius 2 is 1.78 bits per heavy atom. The number of guanidine groups is 1. The van der Waals surface area contributed by atoms with Gasteiger partial charge in [0.05, 0.1) is 6.54 Å². The van der Waals surface area contributed by atoms with Crippen LogP contribution in [0.5, 0.6) is 0 Å². The number of nitrogens with one attached hydrogen (secondary N) is 2. The zero-order valence-corrected chi connectivity index (χ0v) is 14.2. The molecule has 136 valence electrons. The molecule has 0 fully saturated rings. The maximum Gasteiger partial charge on any atom is 0.258 e. The SMILES string of the molecule is O=C(NC(=NCc1cccnc1)Nc1cccc(F)c1)c1cccc(F)c1. The van der Waals surface area contributed by atoms with Gasteiger partial charge in [-0.05, 0) is 48.0 Å². The maximum absolute atomic E-state index is 13.4. The minimum absolute atomic E-state index is 0.110. The third kappa shape index (κ3) is 5.43. The van der Waals surface area contributed by atoms with Crippen molar-refractivity contribution in [3.05, 3.63) is 95.8 Å². The molecule has 0 spiro atoms. The third-order valence-corrected chi connectivity index (χ3v) is 3.55. The molecule has 0 aliphatic rings. The number of hydrogen-bond acceptors (Lipinski definition) is 3. The molecule has 2 N–H and O–H groups in total. The highest BCUT2D eigenvalue weighted by molar-refractivity contribution is 6.09. The average Bonchev–Trinajstić information content (AvgIpc) is 2.67. The van der Waals surface area contributed by atoms with Gasteiger partial charge in [-0.1, -0.05) is 18.2 Å². The Hall–Kier alpha value is -3.61. The van der Waals surface area contributed by atoms with Crippen molar-refractivity contribution >= 4 is 17.6 Å². The van der Waals surface area contributed by atoms with Crippen LogP contribution in [0.15, 0.2) is 78.0 Å². The van der Waals surface area contributed by atoms with Crippen molar-refractivity contribution < 1.29 is 13.6 Å². The van der Waals surface area contributed by atoms with Gasteiger partial charge in [0.25, 0.3) is 5.91 Å². The average molecular weight is 366 g/mol. The summed E-state index contributed by atoms with van der Waals surface area (Å²) in [5.74, 6) is -1.38. The zero-order valence-electron chi connectivity index (χ0n) is 14.2. The van der Waals surface area contributed by atoms with E-state index in [0.717, 1.165) is 11.6 Å². The van der Waals surface area contributed by atoms with Crippen molar-refractivity contribution in [1.29, 1.82) is 0 Å². The molecule has 7 heteroatoms. The topological polar surface area (TPSA) is 66.4 Å². The minimum atomic E-state index is -0.539. The van der Waals surface area contributed by atoms with Crippen LogP contribution < -0.4 is 10.6 Å². The number of aliphatic imine (C=N–C) groups is 1. The highest BCUT2D eigenvalue weighted by Crippen LogP contribution is 2.10. The molecular weight excluding hydrogens is 350 g/mol. The Morgan fingerprint density at radius 3 is 2.48 bits per heavy atom. The van der Waals surface area contributed by atoms with E-state index in [1.165, 1.54) is 36.4 Å². The van der Waals surface area contributed by atoms with Crippen LogP contribution in [0.25, 0.3) is 0 Å². The molecule has 0 unspecified atom stereocenters. The molecule has 3 aromatic rings. The van der Waals surface area contributed by atoms with E-state index in [4.69, 9.17) is 0 Å². The Kier molecular flexibility index (Phi) is 5.84. The number of anilines is 1. The van der Waals surface area contributed by atoms with Crippen molar-refractivity contribution in [2.45, 2.75) is 6.54 Å². The van der Waals surface area contributed by atoms with Crippen LogP contribution in [0.2, 0.25) is 0 Å². The van der Waals surface area contributed by atoms with Crippen molar-refractivity contribution in [1.82, 2.24) is 10.3 Å². The summed E-state index contributed by atoms with van der Waals surface area (Å²) in [4.78, 5) is 20.7. The Bertz CT molecular complexity index is 961. The fraction of sp³-hybridized carbons (Fsp3) is 0.0500. The highest BCUT2D eigenvalue weighted by atomic mass is 19.1. The van der Waals surface area contributed by atoms with Gasteiger partial charge in [0.2, 0.25) is 5.96 Å². The predicted molar refractivity (Wildman–Crippen MR) is 99.3 cm³/mol. The summed E-state index contributed by atoms with van der Waals surface area (Å²) in [6.07, 6.45) is 3.29. The summed E-state index contributed by atoms with van der Waals surface area (Å²) >= 11 is 0. The fourth-order valence-electron chi connectivity index (χ4n) is 2.28. The third-order valence-electron chi connectivity index (χ3n) is 3.55. The molecule has 0 aliphatic carbocycles. The largest absolute Gasteiger partial charge is 0.326 e. The van der Waals surface area contributed by atoms with E-state index >= 15 is 0 Å². The molecule has 5 nitrogen and oxygen atoms in total. The minimum Gasteiger partial charge on any atom is -0.326 e. The highest BCUT2D eigenvalue weighted by Gasteiger charge is 2.10. The van der Waals surface area contributed by atoms with Gasteiger partial charge in [0, 0.05) is 23.6 Å². The monoisotopic (exact) mass is 366 g/mol. The van der Waals surface area contributed by atoms with Crippen molar-refractivity contribution in [3.63, 3.8) is 0 Å². The van der Waals surface area contributed by atoms with Gasteiger partial charge in [0.1, 0.15) is 11.6 Å². The van der Waals surface area contributed by atoms with Crippen LogP contribution in [0.3, 0.4) is 0 Å². The molecule has 0 aliphatic heterocycles. The smallest absolute Gasteiger partial charge is 0.258 e. The zero-order chi connectivity index (χ0) is 19.1. The first-order valence-electron chi connectivity index (χ1n) is 8.13. The van der Waals surface area contributed by atoms with E-state index in [1.54, 1.807) is 24.5 Å². The van der Waals surface area contributed by atoms with Crippen LogP contribution in [0.4, 0.5) is 14.5 Å². The molecule has 0 atom stereocenters. The number of halogens is 2. The normalized spacial score (nSPS) is 11.1. The molecule has 0 bridgehead atoms. The summed E-state index contributed by atoms with van der Waals surface area (Å²) < 4.78 is 26.8. The first-order chi connectivity index (χ1) is 13.1. The summed E-state index contributed by atoms with van der Waals surface area (Å²) in [5.41, 5.74) is 1.39. The van der Waals surface area contributed by atoms with E-state index in [-0.39, 0.29) is 18.1 Å². The summed E-state index contributed by atoms with van der Waals surface area (Å²) in [7, 11) is 0. The number of carbonyl (C=O) groups excluding carboxylic acids is 1. The maximum atomic E-state index is 13.4. The van der Waals surface area contributed by atoms with Gasteiger partial charge in [-0.2, -0.15) is 0 Å². The van der Waals surface area contributed by atoms with E-state index in [2.05, 4.69) is 20.6 Å². The molecule has 1 heterocycles. The lowest BCUT2D eigenvalue weighted by Gasteiger charge is -2.12. The van der Waals surface area contributed by atoms with E-state index < -0.39 is 17.5 Å². The quantitative estimate of drug-likeness (QED) is 0.546. The Morgan fingerprint density at radius 1 is 1.00 bits per heavy atom. The summed E-state index contributed by atoms with van der Waals surface area (Å²) in [6.45, 7) is 0.245. The van der Waals surface area contributed by atoms with Crippen LogP contribution in [-0.2, 0) is 6.54 Å². The van der Waals surface area contributed by atoms with Gasteiger partial charge in [-0.15, -0.1) is 0 Å².